The van der Waals surface area contributed by atoms with Crippen LogP contribution in [0.2, 0.25) is 0 Å². The number of nitrogens with one attached hydrogen (secondary N) is 1. The van der Waals surface area contributed by atoms with E-state index < -0.39 is 0 Å². The molecule has 0 bridgehead atoms. The first kappa shape index (κ1) is 20.0. The topological polar surface area (TPSA) is 58.4 Å². The summed E-state index contributed by atoms with van der Waals surface area (Å²) in [7, 11) is 0. The number of hydrogen-bond donors (Lipinski definition) is 2. The number of amides is 1. The second-order valence-corrected chi connectivity index (χ2v) is 5.36. The lowest BCUT2D eigenvalue weighted by Gasteiger charge is -2.31. The van der Waals surface area contributed by atoms with E-state index in [1.54, 1.807) is 0 Å². The molecule has 1 amide bonds. The lowest BCUT2D eigenvalue weighted by Crippen LogP contribution is -2.47. The minimum atomic E-state index is 0. The molecule has 1 aromatic rings. The summed E-state index contributed by atoms with van der Waals surface area (Å²) >= 11 is 0. The molecule has 1 aliphatic heterocycles. The van der Waals surface area contributed by atoms with Gasteiger partial charge in [0.25, 0.3) is 0 Å². The fraction of sp³-hybridized carbons (Fsp3) is 0.533. The van der Waals surface area contributed by atoms with Gasteiger partial charge < -0.3 is 16.0 Å². The van der Waals surface area contributed by atoms with E-state index in [0.717, 1.165) is 25.1 Å². The molecule has 1 fully saturated rings. The average Bonchev–Trinajstić information content (AvgIpc) is 2.38. The standard InChI is InChI=1S/C15H23N3O.2ClH/c1-11-5-3-6-12(2)15(11)17-9-14(19)18-8-4-7-13(16)10-18;;/h3,5-6,13,17H,4,7-10,16H2,1-2H3;2*1H. The number of nitrogens with two attached hydrogens (primary N) is 1. The van der Waals surface area contributed by atoms with Crippen LogP contribution in [0.25, 0.3) is 0 Å². The van der Waals surface area contributed by atoms with Gasteiger partial charge in [-0.25, -0.2) is 0 Å². The van der Waals surface area contributed by atoms with Crippen molar-refractivity contribution >= 4 is 36.4 Å². The molecule has 120 valence electrons. The number of carbonyl (C=O) groups excluding carboxylic acids is 1. The monoisotopic (exact) mass is 333 g/mol. The molecule has 1 heterocycles. The van der Waals surface area contributed by atoms with Crippen molar-refractivity contribution in [1.29, 1.82) is 0 Å². The molecule has 0 radical (unpaired) electrons. The highest BCUT2D eigenvalue weighted by molar-refractivity contribution is 5.85. The molecule has 0 saturated carbocycles. The predicted octanol–water partition coefficient (Wildman–Crippen LogP) is 2.51. The van der Waals surface area contributed by atoms with Crippen LogP contribution in [-0.2, 0) is 4.79 Å². The Morgan fingerprint density at radius 2 is 1.95 bits per heavy atom. The molecule has 4 nitrogen and oxygen atoms in total. The first-order valence-electron chi connectivity index (χ1n) is 6.91. The van der Waals surface area contributed by atoms with Crippen LogP contribution in [-0.4, -0.2) is 36.5 Å². The summed E-state index contributed by atoms with van der Waals surface area (Å²) < 4.78 is 0. The highest BCUT2D eigenvalue weighted by Gasteiger charge is 2.20. The molecule has 1 unspecified atom stereocenters. The Labute approximate surface area is 139 Å². The molecule has 6 heteroatoms. The van der Waals surface area contributed by atoms with Crippen LogP contribution in [0.5, 0.6) is 0 Å². The molecule has 21 heavy (non-hydrogen) atoms. The lowest BCUT2D eigenvalue weighted by molar-refractivity contribution is -0.130. The van der Waals surface area contributed by atoms with Crippen molar-refractivity contribution in [1.82, 2.24) is 4.90 Å². The fourth-order valence-electron chi connectivity index (χ4n) is 2.61. The van der Waals surface area contributed by atoms with Gasteiger partial charge in [-0.15, -0.1) is 24.8 Å². The summed E-state index contributed by atoms with van der Waals surface area (Å²) in [6.07, 6.45) is 2.03. The Balaban J connectivity index is 0.00000200. The second-order valence-electron chi connectivity index (χ2n) is 5.36. The highest BCUT2D eigenvalue weighted by atomic mass is 35.5. The molecule has 0 spiro atoms. The number of halogens is 2. The normalized spacial score (nSPS) is 17.5. The number of para-hydroxylation sites is 1. The Hall–Kier alpha value is -0.970. The van der Waals surface area contributed by atoms with Crippen LogP contribution >= 0.6 is 24.8 Å². The number of anilines is 1. The maximum atomic E-state index is 12.1. The van der Waals surface area contributed by atoms with E-state index in [0.29, 0.717) is 13.1 Å². The minimum absolute atomic E-state index is 0. The number of aryl methyl sites for hydroxylation is 2. The molecule has 0 aliphatic carbocycles. The van der Waals surface area contributed by atoms with E-state index in [1.165, 1.54) is 11.1 Å². The largest absolute Gasteiger partial charge is 0.376 e. The predicted molar refractivity (Wildman–Crippen MR) is 92.7 cm³/mol. The number of rotatable bonds is 3. The zero-order chi connectivity index (χ0) is 13.8. The van der Waals surface area contributed by atoms with Gasteiger partial charge in [0, 0.05) is 24.8 Å². The second kappa shape index (κ2) is 9.13. The quantitative estimate of drug-likeness (QED) is 0.893. The molecule has 0 aromatic heterocycles. The number of piperidine rings is 1. The summed E-state index contributed by atoms with van der Waals surface area (Å²) in [6.45, 7) is 5.97. The van der Waals surface area contributed by atoms with Gasteiger partial charge in [-0.05, 0) is 37.8 Å². The van der Waals surface area contributed by atoms with E-state index in [4.69, 9.17) is 5.73 Å². The van der Waals surface area contributed by atoms with Gasteiger partial charge in [-0.2, -0.15) is 0 Å². The number of benzene rings is 1. The third kappa shape index (κ3) is 5.38. The van der Waals surface area contributed by atoms with Gasteiger partial charge in [0.15, 0.2) is 0 Å². The molecule has 1 atom stereocenters. The van der Waals surface area contributed by atoms with Crippen LogP contribution in [0, 0.1) is 13.8 Å². The Morgan fingerprint density at radius 1 is 1.33 bits per heavy atom. The van der Waals surface area contributed by atoms with Crippen molar-refractivity contribution in [3.8, 4) is 0 Å². The molecule has 1 aromatic carbocycles. The first-order valence-corrected chi connectivity index (χ1v) is 6.91. The molecular formula is C15H25Cl2N3O. The zero-order valence-electron chi connectivity index (χ0n) is 12.6. The van der Waals surface area contributed by atoms with Crippen LogP contribution in [0.15, 0.2) is 18.2 Å². The summed E-state index contributed by atoms with van der Waals surface area (Å²) in [6, 6.07) is 6.27. The van der Waals surface area contributed by atoms with Crippen molar-refractivity contribution in [3.63, 3.8) is 0 Å². The van der Waals surface area contributed by atoms with E-state index in [-0.39, 0.29) is 36.8 Å². The van der Waals surface area contributed by atoms with Gasteiger partial charge in [-0.3, -0.25) is 4.79 Å². The average molecular weight is 334 g/mol. The fourth-order valence-corrected chi connectivity index (χ4v) is 2.61. The van der Waals surface area contributed by atoms with Crippen LogP contribution in [0.1, 0.15) is 24.0 Å². The molecule has 3 N–H and O–H groups in total. The molecule has 1 aliphatic rings. The van der Waals surface area contributed by atoms with Crippen LogP contribution < -0.4 is 11.1 Å². The van der Waals surface area contributed by atoms with E-state index in [1.807, 2.05) is 11.0 Å². The van der Waals surface area contributed by atoms with Gasteiger partial charge in [0.1, 0.15) is 0 Å². The van der Waals surface area contributed by atoms with Gasteiger partial charge >= 0.3 is 0 Å². The van der Waals surface area contributed by atoms with Gasteiger partial charge in [0.2, 0.25) is 5.91 Å². The van der Waals surface area contributed by atoms with Crippen molar-refractivity contribution in [2.45, 2.75) is 32.7 Å². The van der Waals surface area contributed by atoms with Gasteiger partial charge in [-0.1, -0.05) is 18.2 Å². The first-order chi connectivity index (χ1) is 9.08. The van der Waals surface area contributed by atoms with E-state index >= 15 is 0 Å². The third-order valence-corrected chi connectivity index (χ3v) is 3.71. The Kier molecular flexibility index (Phi) is 8.71. The Bertz CT molecular complexity index is 448. The number of hydrogen-bond acceptors (Lipinski definition) is 3. The minimum Gasteiger partial charge on any atom is -0.376 e. The molecular weight excluding hydrogens is 309 g/mol. The van der Waals surface area contributed by atoms with E-state index in [2.05, 4.69) is 31.3 Å². The van der Waals surface area contributed by atoms with Crippen LogP contribution in [0.3, 0.4) is 0 Å². The summed E-state index contributed by atoms with van der Waals surface area (Å²) in [5.74, 6) is 0.137. The van der Waals surface area contributed by atoms with E-state index in [9.17, 15) is 4.79 Å². The maximum absolute atomic E-state index is 12.1. The van der Waals surface area contributed by atoms with Crippen molar-refractivity contribution in [2.24, 2.45) is 5.73 Å². The van der Waals surface area contributed by atoms with Gasteiger partial charge in [0.05, 0.1) is 6.54 Å². The van der Waals surface area contributed by atoms with Crippen LogP contribution in [0.4, 0.5) is 5.69 Å². The van der Waals surface area contributed by atoms with Crippen molar-refractivity contribution in [2.75, 3.05) is 25.0 Å². The maximum Gasteiger partial charge on any atom is 0.241 e. The number of carbonyl (C=O) groups is 1. The van der Waals surface area contributed by atoms with Crippen molar-refractivity contribution in [3.05, 3.63) is 29.3 Å². The highest BCUT2D eigenvalue weighted by Crippen LogP contribution is 2.19. The lowest BCUT2D eigenvalue weighted by atomic mass is 10.1. The molecule has 2 rings (SSSR count). The summed E-state index contributed by atoms with van der Waals surface area (Å²) in [4.78, 5) is 14.0. The molecule has 1 saturated heterocycles. The Morgan fingerprint density at radius 3 is 2.52 bits per heavy atom. The smallest absolute Gasteiger partial charge is 0.241 e. The number of likely N-dealkylation sites (tertiary alicyclic amines) is 1. The zero-order valence-corrected chi connectivity index (χ0v) is 14.2. The third-order valence-electron chi connectivity index (χ3n) is 3.71. The number of nitrogens with zero attached hydrogens (tertiary/aromatic N) is 1. The summed E-state index contributed by atoms with van der Waals surface area (Å²) in [5, 5.41) is 3.26. The summed E-state index contributed by atoms with van der Waals surface area (Å²) in [5.41, 5.74) is 9.31. The van der Waals surface area contributed by atoms with Crippen molar-refractivity contribution < 1.29 is 4.79 Å². The SMILES string of the molecule is Cc1cccc(C)c1NCC(=O)N1CCCC(N)C1.Cl.Cl.